The number of benzene rings is 3. The highest BCUT2D eigenvalue weighted by molar-refractivity contribution is 7.93. The molecule has 0 fully saturated rings. The Morgan fingerprint density at radius 3 is 2.00 bits per heavy atom. The van der Waals surface area contributed by atoms with Gasteiger partial charge in [-0.15, -0.1) is 20.2 Å². The van der Waals surface area contributed by atoms with E-state index >= 15 is 0 Å². The minimum absolute atomic E-state index is 0.0330. The fourth-order valence-electron chi connectivity index (χ4n) is 4.04. The maximum Gasteiger partial charge on any atom is 0.426 e. The summed E-state index contributed by atoms with van der Waals surface area (Å²) in [5.41, 5.74) is 1.94. The van der Waals surface area contributed by atoms with E-state index in [-0.39, 0.29) is 15.4 Å². The van der Waals surface area contributed by atoms with Gasteiger partial charge in [0, 0.05) is 5.56 Å². The molecule has 15 nitrogen and oxygen atoms in total. The highest BCUT2D eigenvalue weighted by Crippen LogP contribution is 2.35. The number of rotatable bonds is 11. The predicted molar refractivity (Wildman–Crippen MR) is 140 cm³/mol. The number of aromatic nitrogens is 1. The molecule has 0 aliphatic rings. The van der Waals surface area contributed by atoms with Crippen LogP contribution in [0.2, 0.25) is 0 Å². The summed E-state index contributed by atoms with van der Waals surface area (Å²) in [6.07, 6.45) is -1.90. The van der Waals surface area contributed by atoms with E-state index in [0.717, 1.165) is 17.7 Å². The Hall–Kier alpha value is -5.51. The number of nitrogens with zero attached hydrogens (tertiary/aromatic N) is 4. The minimum Gasteiger partial charge on any atom is -0.464 e. The average molecular weight is 585 g/mol. The second-order valence-electron chi connectivity index (χ2n) is 8.41. The van der Waals surface area contributed by atoms with E-state index in [9.17, 15) is 38.5 Å². The van der Waals surface area contributed by atoms with E-state index in [4.69, 9.17) is 4.52 Å². The molecule has 0 bridgehead atoms. The van der Waals surface area contributed by atoms with Crippen LogP contribution in [0.15, 0.2) is 82.2 Å². The number of amides is 1. The van der Waals surface area contributed by atoms with Gasteiger partial charge in [-0.05, 0) is 47.9 Å². The molecule has 0 saturated heterocycles. The largest absolute Gasteiger partial charge is 0.464 e. The summed E-state index contributed by atoms with van der Waals surface area (Å²) in [5, 5.41) is 33.1. The van der Waals surface area contributed by atoms with Crippen molar-refractivity contribution in [2.24, 2.45) is 0 Å². The van der Waals surface area contributed by atoms with E-state index in [1.54, 1.807) is 6.92 Å². The lowest BCUT2D eigenvalue weighted by Gasteiger charge is -2.21. The molecule has 0 aliphatic heterocycles. The van der Waals surface area contributed by atoms with Crippen LogP contribution in [0, 0.1) is 27.2 Å². The molecule has 0 spiro atoms. The average Bonchev–Trinajstić information content (AvgIpc) is 3.32. The van der Waals surface area contributed by atoms with Crippen molar-refractivity contribution in [2.75, 3.05) is 4.31 Å². The maximum absolute atomic E-state index is 13.5. The lowest BCUT2D eigenvalue weighted by atomic mass is 10.00. The lowest BCUT2D eigenvalue weighted by molar-refractivity contribution is -0.763. The highest BCUT2D eigenvalue weighted by atomic mass is 32.2. The first kappa shape index (κ1) is 28.5. The molecule has 212 valence electrons. The van der Waals surface area contributed by atoms with Gasteiger partial charge in [0.15, 0.2) is 0 Å². The van der Waals surface area contributed by atoms with Crippen molar-refractivity contribution in [3.63, 3.8) is 0 Å². The van der Waals surface area contributed by atoms with Gasteiger partial charge in [-0.3, -0.25) is 0 Å². The molecule has 4 aromatic rings. The number of sulfonamides is 1. The van der Waals surface area contributed by atoms with Crippen LogP contribution in [0.25, 0.3) is 22.4 Å². The number of aryl methyl sites for hydroxylation is 1. The summed E-state index contributed by atoms with van der Waals surface area (Å²) >= 11 is 0. The van der Waals surface area contributed by atoms with Crippen molar-refractivity contribution in [3.8, 4) is 22.4 Å². The second kappa shape index (κ2) is 11.7. The standard InChI is InChI=1S/C25H20N4O11S/c1-16-23(24(26-40-16)20-5-3-2-4-6-20)19-7-9-22(10-8-19)41(36,37)27(25(30)31)21-12-17(14-38-28(32)33)11-18(13-21)15-39-29(34)35/h2-13H,14-15H2,1H3,(H,30,31). The summed E-state index contributed by atoms with van der Waals surface area (Å²) < 4.78 is 32.4. The van der Waals surface area contributed by atoms with Crippen molar-refractivity contribution in [3.05, 3.63) is 110 Å². The number of anilines is 1. The van der Waals surface area contributed by atoms with E-state index in [1.165, 1.54) is 30.3 Å². The molecule has 16 heteroatoms. The molecule has 1 amide bonds. The van der Waals surface area contributed by atoms with E-state index in [1.807, 2.05) is 30.3 Å². The highest BCUT2D eigenvalue weighted by Gasteiger charge is 2.32. The molecule has 0 radical (unpaired) electrons. The molecular weight excluding hydrogens is 564 g/mol. The minimum atomic E-state index is -4.76. The summed E-state index contributed by atoms with van der Waals surface area (Å²) in [5.74, 6) is 0.477. The van der Waals surface area contributed by atoms with Crippen molar-refractivity contribution < 1.29 is 42.7 Å². The Balaban J connectivity index is 1.73. The fourth-order valence-corrected chi connectivity index (χ4v) is 5.32. The van der Waals surface area contributed by atoms with Gasteiger partial charge in [0.1, 0.15) is 24.7 Å². The molecule has 0 unspecified atom stereocenters. The molecule has 0 atom stereocenters. The zero-order valence-corrected chi connectivity index (χ0v) is 21.9. The second-order valence-corrected chi connectivity index (χ2v) is 10.2. The number of carbonyl (C=O) groups is 1. The molecule has 0 aliphatic carbocycles. The van der Waals surface area contributed by atoms with Gasteiger partial charge in [0.05, 0.1) is 16.1 Å². The van der Waals surface area contributed by atoms with Gasteiger partial charge < -0.3 is 19.3 Å². The zero-order chi connectivity index (χ0) is 29.7. The van der Waals surface area contributed by atoms with Crippen LogP contribution in [0.5, 0.6) is 0 Å². The van der Waals surface area contributed by atoms with Crippen LogP contribution in [0.1, 0.15) is 16.9 Å². The molecule has 4 rings (SSSR count). The molecule has 3 aromatic carbocycles. The van der Waals surface area contributed by atoms with E-state index in [2.05, 4.69) is 14.8 Å². The first-order chi connectivity index (χ1) is 19.5. The van der Waals surface area contributed by atoms with E-state index in [0.29, 0.717) is 22.6 Å². The van der Waals surface area contributed by atoms with Crippen molar-refractivity contribution in [1.82, 2.24) is 5.16 Å². The van der Waals surface area contributed by atoms with Gasteiger partial charge in [0.2, 0.25) is 0 Å². The molecule has 1 N–H and O–H groups in total. The third kappa shape index (κ3) is 6.39. The van der Waals surface area contributed by atoms with Gasteiger partial charge in [-0.2, -0.15) is 4.31 Å². The van der Waals surface area contributed by atoms with Crippen molar-refractivity contribution >= 4 is 21.8 Å². The Morgan fingerprint density at radius 2 is 1.49 bits per heavy atom. The smallest absolute Gasteiger partial charge is 0.426 e. The first-order valence-electron chi connectivity index (χ1n) is 11.5. The normalized spacial score (nSPS) is 11.0. The van der Waals surface area contributed by atoms with Crippen LogP contribution >= 0.6 is 0 Å². The molecule has 41 heavy (non-hydrogen) atoms. The number of carboxylic acid groups (broad SMARTS) is 1. The van der Waals surface area contributed by atoms with Gasteiger partial charge in [-0.1, -0.05) is 53.7 Å². The van der Waals surface area contributed by atoms with Crippen molar-refractivity contribution in [1.29, 1.82) is 0 Å². The van der Waals surface area contributed by atoms with Crippen LogP contribution in [0.3, 0.4) is 0 Å². The first-order valence-corrected chi connectivity index (χ1v) is 13.0. The lowest BCUT2D eigenvalue weighted by Crippen LogP contribution is -2.36. The number of hydrogen-bond donors (Lipinski definition) is 1. The van der Waals surface area contributed by atoms with Crippen LogP contribution < -0.4 is 4.31 Å². The maximum atomic E-state index is 13.5. The Morgan fingerprint density at radius 1 is 0.927 bits per heavy atom. The Bertz CT molecular complexity index is 1670. The Labute approximate surface area is 231 Å². The topological polar surface area (TPSA) is 205 Å². The summed E-state index contributed by atoms with van der Waals surface area (Å²) in [6, 6.07) is 17.8. The van der Waals surface area contributed by atoms with Crippen LogP contribution in [-0.4, -0.2) is 34.9 Å². The molecule has 0 saturated carbocycles. The Kier molecular flexibility index (Phi) is 8.13. The summed E-state index contributed by atoms with van der Waals surface area (Å²) in [7, 11) is -4.76. The SMILES string of the molecule is Cc1onc(-c2ccccc2)c1-c1ccc(S(=O)(=O)N(C(=O)O)c2cc(CO[N+](=O)[O-])cc(CO[N+](=O)[O-])c2)cc1. The zero-order valence-electron chi connectivity index (χ0n) is 21.1. The summed E-state index contributed by atoms with van der Waals surface area (Å²) in [6.45, 7) is 0.328. The third-order valence-corrected chi connectivity index (χ3v) is 7.43. The quantitative estimate of drug-likeness (QED) is 0.189. The molecule has 1 aromatic heterocycles. The monoisotopic (exact) mass is 584 g/mol. The number of hydrogen-bond acceptors (Lipinski definition) is 11. The molecular formula is C25H20N4O11S. The van der Waals surface area contributed by atoms with Gasteiger partial charge in [-0.25, -0.2) is 13.2 Å². The fraction of sp³-hybridized carbons (Fsp3) is 0.120. The van der Waals surface area contributed by atoms with E-state index < -0.39 is 50.1 Å². The van der Waals surface area contributed by atoms with Crippen molar-refractivity contribution in [2.45, 2.75) is 25.0 Å². The predicted octanol–water partition coefficient (Wildman–Crippen LogP) is 4.61. The summed E-state index contributed by atoms with van der Waals surface area (Å²) in [4.78, 5) is 41.7. The van der Waals surface area contributed by atoms with Crippen LogP contribution in [-0.2, 0) is 32.9 Å². The molecule has 1 heterocycles. The van der Waals surface area contributed by atoms with Crippen LogP contribution in [0.4, 0.5) is 10.5 Å². The van der Waals surface area contributed by atoms with Gasteiger partial charge >= 0.3 is 6.09 Å². The van der Waals surface area contributed by atoms with Gasteiger partial charge in [0.25, 0.3) is 20.2 Å². The third-order valence-electron chi connectivity index (χ3n) is 5.71.